The molecule has 0 radical (unpaired) electrons. The molecular weight excluding hydrogens is 399 g/mol. The SMILES string of the molecule is O=C(CCn1cnc2ccccc2c1=O)N1CCN(C(=O)Cc2ccc(F)cc2)CC1. The van der Waals surface area contributed by atoms with Crippen LogP contribution in [0.25, 0.3) is 10.9 Å². The van der Waals surface area contributed by atoms with E-state index in [1.54, 1.807) is 40.1 Å². The van der Waals surface area contributed by atoms with E-state index in [1.807, 2.05) is 6.07 Å². The fourth-order valence-electron chi connectivity index (χ4n) is 3.73. The number of carbonyl (C=O) groups excluding carboxylic acids is 2. The van der Waals surface area contributed by atoms with Crippen molar-refractivity contribution in [2.24, 2.45) is 0 Å². The van der Waals surface area contributed by atoms with Crippen LogP contribution in [0.3, 0.4) is 0 Å². The summed E-state index contributed by atoms with van der Waals surface area (Å²) in [4.78, 5) is 45.3. The Kier molecular flexibility index (Phi) is 6.06. The molecule has 160 valence electrons. The predicted octanol–water partition coefficient (Wildman–Crippen LogP) is 1.84. The van der Waals surface area contributed by atoms with Gasteiger partial charge in [-0.25, -0.2) is 9.37 Å². The van der Waals surface area contributed by atoms with Gasteiger partial charge in [0.05, 0.1) is 23.7 Å². The van der Waals surface area contributed by atoms with Gasteiger partial charge in [-0.05, 0) is 29.8 Å². The minimum absolute atomic E-state index is 0.0347. The molecule has 0 aliphatic carbocycles. The van der Waals surface area contributed by atoms with Gasteiger partial charge in [0.25, 0.3) is 5.56 Å². The third-order valence-corrected chi connectivity index (χ3v) is 5.55. The first-order valence-corrected chi connectivity index (χ1v) is 10.3. The molecule has 0 unspecified atom stereocenters. The van der Waals surface area contributed by atoms with Crippen molar-refractivity contribution in [1.29, 1.82) is 0 Å². The number of carbonyl (C=O) groups is 2. The summed E-state index contributed by atoms with van der Waals surface area (Å²) < 4.78 is 14.5. The van der Waals surface area contributed by atoms with Gasteiger partial charge in [-0.15, -0.1) is 0 Å². The van der Waals surface area contributed by atoms with E-state index in [0.29, 0.717) is 37.1 Å². The normalized spacial score (nSPS) is 14.1. The van der Waals surface area contributed by atoms with Gasteiger partial charge in [0.15, 0.2) is 0 Å². The maximum Gasteiger partial charge on any atom is 0.261 e. The topological polar surface area (TPSA) is 75.5 Å². The van der Waals surface area contributed by atoms with E-state index >= 15 is 0 Å². The summed E-state index contributed by atoms with van der Waals surface area (Å²) in [6.45, 7) is 2.10. The van der Waals surface area contributed by atoms with Crippen LogP contribution in [0, 0.1) is 5.82 Å². The van der Waals surface area contributed by atoms with Crippen molar-refractivity contribution in [1.82, 2.24) is 19.4 Å². The Balaban J connectivity index is 1.28. The highest BCUT2D eigenvalue weighted by Crippen LogP contribution is 2.10. The van der Waals surface area contributed by atoms with Gasteiger partial charge >= 0.3 is 0 Å². The van der Waals surface area contributed by atoms with Crippen molar-refractivity contribution < 1.29 is 14.0 Å². The van der Waals surface area contributed by atoms with E-state index in [2.05, 4.69) is 4.98 Å². The molecular formula is C23H23FN4O3. The van der Waals surface area contributed by atoms with Crippen LogP contribution in [0.15, 0.2) is 59.7 Å². The molecule has 1 saturated heterocycles. The number of nitrogens with zero attached hydrogens (tertiary/aromatic N) is 4. The lowest BCUT2D eigenvalue weighted by Gasteiger charge is -2.35. The van der Waals surface area contributed by atoms with E-state index in [9.17, 15) is 18.8 Å². The van der Waals surface area contributed by atoms with Crippen molar-refractivity contribution in [3.8, 4) is 0 Å². The van der Waals surface area contributed by atoms with E-state index in [1.165, 1.54) is 23.0 Å². The second-order valence-corrected chi connectivity index (χ2v) is 7.58. The number of benzene rings is 2. The first-order valence-electron chi connectivity index (χ1n) is 10.3. The fourth-order valence-corrected chi connectivity index (χ4v) is 3.73. The van der Waals surface area contributed by atoms with Crippen LogP contribution in [0.5, 0.6) is 0 Å². The highest BCUT2D eigenvalue weighted by atomic mass is 19.1. The molecule has 0 atom stereocenters. The molecule has 8 heteroatoms. The Hall–Kier alpha value is -3.55. The Morgan fingerprint density at radius 1 is 0.903 bits per heavy atom. The van der Waals surface area contributed by atoms with Gasteiger partial charge in [0.1, 0.15) is 5.82 Å². The van der Waals surface area contributed by atoms with E-state index < -0.39 is 0 Å². The molecule has 0 saturated carbocycles. The number of rotatable bonds is 5. The zero-order valence-electron chi connectivity index (χ0n) is 17.0. The lowest BCUT2D eigenvalue weighted by atomic mass is 10.1. The summed E-state index contributed by atoms with van der Waals surface area (Å²) in [5.41, 5.74) is 1.24. The Morgan fingerprint density at radius 3 is 2.26 bits per heavy atom. The number of aryl methyl sites for hydroxylation is 1. The Bertz CT molecular complexity index is 1150. The van der Waals surface area contributed by atoms with Crippen molar-refractivity contribution in [2.75, 3.05) is 26.2 Å². The van der Waals surface area contributed by atoms with Crippen LogP contribution in [0.4, 0.5) is 4.39 Å². The van der Waals surface area contributed by atoms with E-state index in [-0.39, 0.29) is 42.6 Å². The number of fused-ring (bicyclic) bond motifs is 1. The number of aromatic nitrogens is 2. The van der Waals surface area contributed by atoms with Crippen LogP contribution in [-0.2, 0) is 22.6 Å². The first-order chi connectivity index (χ1) is 15.0. The number of para-hydroxylation sites is 1. The quantitative estimate of drug-likeness (QED) is 0.629. The molecule has 2 aromatic carbocycles. The zero-order valence-corrected chi connectivity index (χ0v) is 17.0. The van der Waals surface area contributed by atoms with Gasteiger partial charge in [-0.3, -0.25) is 19.0 Å². The van der Waals surface area contributed by atoms with Gasteiger partial charge in [-0.2, -0.15) is 0 Å². The van der Waals surface area contributed by atoms with Crippen LogP contribution >= 0.6 is 0 Å². The summed E-state index contributed by atoms with van der Waals surface area (Å²) >= 11 is 0. The molecule has 1 fully saturated rings. The maximum absolute atomic E-state index is 13.0. The molecule has 2 amide bonds. The minimum atomic E-state index is -0.329. The Labute approximate surface area is 178 Å². The largest absolute Gasteiger partial charge is 0.339 e. The molecule has 3 aromatic rings. The zero-order chi connectivity index (χ0) is 21.8. The lowest BCUT2D eigenvalue weighted by Crippen LogP contribution is -2.51. The van der Waals surface area contributed by atoms with Crippen LogP contribution in [0.1, 0.15) is 12.0 Å². The van der Waals surface area contributed by atoms with Crippen molar-refractivity contribution in [3.05, 3.63) is 76.6 Å². The van der Waals surface area contributed by atoms with Crippen molar-refractivity contribution >= 4 is 22.7 Å². The summed E-state index contributed by atoms with van der Waals surface area (Å²) in [5, 5.41) is 0.533. The van der Waals surface area contributed by atoms with E-state index in [0.717, 1.165) is 5.56 Å². The lowest BCUT2D eigenvalue weighted by molar-refractivity contribution is -0.139. The molecule has 4 rings (SSSR count). The molecule has 0 spiro atoms. The highest BCUT2D eigenvalue weighted by molar-refractivity contribution is 5.80. The first kappa shape index (κ1) is 20.7. The van der Waals surface area contributed by atoms with E-state index in [4.69, 9.17) is 0 Å². The molecule has 7 nitrogen and oxygen atoms in total. The fraction of sp³-hybridized carbons (Fsp3) is 0.304. The third kappa shape index (κ3) is 4.79. The summed E-state index contributed by atoms with van der Waals surface area (Å²) in [5.74, 6) is -0.414. The monoisotopic (exact) mass is 422 g/mol. The standard InChI is InChI=1S/C23H23FN4O3/c24-18-7-5-17(6-8-18)15-22(30)27-13-11-26(12-14-27)21(29)9-10-28-16-25-20-4-2-1-3-19(20)23(28)31/h1-8,16H,9-15H2. The number of halogens is 1. The predicted molar refractivity (Wildman–Crippen MR) is 114 cm³/mol. The molecule has 1 aliphatic rings. The second kappa shape index (κ2) is 9.07. The van der Waals surface area contributed by atoms with Crippen LogP contribution < -0.4 is 5.56 Å². The minimum Gasteiger partial charge on any atom is -0.339 e. The van der Waals surface area contributed by atoms with Crippen LogP contribution in [-0.4, -0.2) is 57.3 Å². The maximum atomic E-state index is 13.0. The molecule has 2 heterocycles. The number of amides is 2. The van der Waals surface area contributed by atoms with Gasteiger partial charge in [0.2, 0.25) is 11.8 Å². The summed E-state index contributed by atoms with van der Waals surface area (Å²) in [6.07, 6.45) is 1.89. The molecule has 31 heavy (non-hydrogen) atoms. The van der Waals surface area contributed by atoms with Crippen LogP contribution in [0.2, 0.25) is 0 Å². The average Bonchev–Trinajstić information content (AvgIpc) is 2.80. The smallest absolute Gasteiger partial charge is 0.261 e. The van der Waals surface area contributed by atoms with Gasteiger partial charge in [0, 0.05) is 39.1 Å². The summed E-state index contributed by atoms with van der Waals surface area (Å²) in [7, 11) is 0. The molecule has 0 N–H and O–H groups in total. The third-order valence-electron chi connectivity index (χ3n) is 5.55. The summed E-state index contributed by atoms with van der Waals surface area (Å²) in [6, 6.07) is 13.0. The van der Waals surface area contributed by atoms with Gasteiger partial charge < -0.3 is 9.80 Å². The molecule has 1 aliphatic heterocycles. The van der Waals surface area contributed by atoms with Crippen molar-refractivity contribution in [3.63, 3.8) is 0 Å². The average molecular weight is 422 g/mol. The molecule has 1 aromatic heterocycles. The molecule has 0 bridgehead atoms. The Morgan fingerprint density at radius 2 is 1.55 bits per heavy atom. The number of piperazine rings is 1. The number of hydrogen-bond donors (Lipinski definition) is 0. The van der Waals surface area contributed by atoms with Gasteiger partial charge in [-0.1, -0.05) is 24.3 Å². The van der Waals surface area contributed by atoms with Crippen molar-refractivity contribution in [2.45, 2.75) is 19.4 Å². The highest BCUT2D eigenvalue weighted by Gasteiger charge is 2.24. The number of hydrogen-bond acceptors (Lipinski definition) is 4. The second-order valence-electron chi connectivity index (χ2n) is 7.58.